The summed E-state index contributed by atoms with van der Waals surface area (Å²) < 4.78 is 10.1. The van der Waals surface area contributed by atoms with Crippen LogP contribution in [0.4, 0.5) is 5.69 Å². The molecule has 10 nitrogen and oxygen atoms in total. The number of carbonyl (C=O) groups excluding carboxylic acids is 5. The van der Waals surface area contributed by atoms with Crippen LogP contribution in [0.5, 0.6) is 5.75 Å². The van der Waals surface area contributed by atoms with E-state index in [0.717, 1.165) is 10.5 Å². The van der Waals surface area contributed by atoms with Gasteiger partial charge in [0.25, 0.3) is 17.7 Å². The van der Waals surface area contributed by atoms with E-state index in [2.05, 4.69) is 17.2 Å². The van der Waals surface area contributed by atoms with Crippen LogP contribution in [0.3, 0.4) is 0 Å². The van der Waals surface area contributed by atoms with Gasteiger partial charge in [0.2, 0.25) is 5.91 Å². The van der Waals surface area contributed by atoms with E-state index in [9.17, 15) is 24.0 Å². The average Bonchev–Trinajstić information content (AvgIpc) is 3.06. The van der Waals surface area contributed by atoms with Crippen LogP contribution in [-0.4, -0.2) is 61.3 Å². The summed E-state index contributed by atoms with van der Waals surface area (Å²) in [6.45, 7) is 4.44. The lowest BCUT2D eigenvalue weighted by Gasteiger charge is -2.11. The zero-order valence-electron chi connectivity index (χ0n) is 18.7. The maximum absolute atomic E-state index is 12.4. The predicted molar refractivity (Wildman–Crippen MR) is 122 cm³/mol. The number of esters is 1. The lowest BCUT2D eigenvalue weighted by atomic mass is 10.1. The molecule has 176 valence electrons. The van der Waals surface area contributed by atoms with Crippen molar-refractivity contribution in [3.63, 3.8) is 0 Å². The molecule has 3 rings (SSSR count). The molecule has 0 saturated carbocycles. The molecule has 0 unspecified atom stereocenters. The molecule has 0 spiro atoms. The van der Waals surface area contributed by atoms with Crippen molar-refractivity contribution in [2.24, 2.45) is 0 Å². The standard InChI is InChI=1S/C24H23N3O7/c1-4-9-27-22(30)16-7-6-15(11-17(16)23(27)31)24(32)34-13-21(29)25-12-20(28)26-18-10-14(2)5-8-19(18)33-3/h4-8,10-11H,1,9,12-13H2,2-3H3,(H,25,29)(H,26,28). The average molecular weight is 465 g/mol. The van der Waals surface area contributed by atoms with Gasteiger partial charge in [-0.05, 0) is 42.8 Å². The number of hydrogen-bond donors (Lipinski definition) is 2. The Labute approximate surface area is 195 Å². The highest BCUT2D eigenvalue weighted by Crippen LogP contribution is 2.25. The number of carbonyl (C=O) groups is 5. The molecule has 34 heavy (non-hydrogen) atoms. The van der Waals surface area contributed by atoms with Crippen LogP contribution in [0, 0.1) is 6.92 Å². The first-order valence-electron chi connectivity index (χ1n) is 10.2. The molecule has 0 fully saturated rings. The van der Waals surface area contributed by atoms with Gasteiger partial charge in [0.1, 0.15) is 5.75 Å². The van der Waals surface area contributed by atoms with Gasteiger partial charge < -0.3 is 20.1 Å². The van der Waals surface area contributed by atoms with E-state index in [4.69, 9.17) is 9.47 Å². The first-order valence-corrected chi connectivity index (χ1v) is 10.2. The van der Waals surface area contributed by atoms with Gasteiger partial charge >= 0.3 is 5.97 Å². The van der Waals surface area contributed by atoms with E-state index >= 15 is 0 Å². The second-order valence-corrected chi connectivity index (χ2v) is 7.37. The van der Waals surface area contributed by atoms with Gasteiger partial charge in [-0.1, -0.05) is 12.1 Å². The van der Waals surface area contributed by atoms with Crippen LogP contribution >= 0.6 is 0 Å². The summed E-state index contributed by atoms with van der Waals surface area (Å²) in [5.41, 5.74) is 1.64. The van der Waals surface area contributed by atoms with Gasteiger partial charge in [0.15, 0.2) is 6.61 Å². The van der Waals surface area contributed by atoms with Gasteiger partial charge in [-0.25, -0.2) is 4.79 Å². The second-order valence-electron chi connectivity index (χ2n) is 7.37. The first kappa shape index (κ1) is 24.2. The maximum Gasteiger partial charge on any atom is 0.338 e. The number of rotatable bonds is 9. The van der Waals surface area contributed by atoms with Gasteiger partial charge in [0.05, 0.1) is 36.0 Å². The van der Waals surface area contributed by atoms with Crippen LogP contribution in [0.1, 0.15) is 36.6 Å². The molecule has 2 aromatic carbocycles. The molecule has 2 aromatic rings. The molecule has 0 aliphatic carbocycles. The number of nitrogens with zero attached hydrogens (tertiary/aromatic N) is 1. The third-order valence-corrected chi connectivity index (χ3v) is 4.93. The lowest BCUT2D eigenvalue weighted by Crippen LogP contribution is -2.35. The van der Waals surface area contributed by atoms with Crippen LogP contribution in [0.15, 0.2) is 49.1 Å². The second kappa shape index (κ2) is 10.4. The Morgan fingerprint density at radius 1 is 1.03 bits per heavy atom. The van der Waals surface area contributed by atoms with Gasteiger partial charge in [-0.2, -0.15) is 0 Å². The number of anilines is 1. The molecule has 2 N–H and O–H groups in total. The fourth-order valence-electron chi connectivity index (χ4n) is 3.27. The highest BCUT2D eigenvalue weighted by atomic mass is 16.5. The normalized spacial score (nSPS) is 12.1. The highest BCUT2D eigenvalue weighted by molar-refractivity contribution is 6.22. The number of fused-ring (bicyclic) bond motifs is 1. The zero-order chi connectivity index (χ0) is 24.8. The first-order chi connectivity index (χ1) is 16.2. The Kier molecular flexibility index (Phi) is 7.42. The molecule has 1 aliphatic rings. The van der Waals surface area contributed by atoms with Crippen molar-refractivity contribution in [1.29, 1.82) is 0 Å². The lowest BCUT2D eigenvalue weighted by molar-refractivity contribution is -0.126. The van der Waals surface area contributed by atoms with Gasteiger partial charge in [-0.3, -0.25) is 24.1 Å². The number of ether oxygens (including phenoxy) is 2. The summed E-state index contributed by atoms with van der Waals surface area (Å²) >= 11 is 0. The number of aryl methyl sites for hydroxylation is 1. The number of imide groups is 1. The summed E-state index contributed by atoms with van der Waals surface area (Å²) in [4.78, 5) is 62.1. The number of amides is 4. The van der Waals surface area contributed by atoms with Crippen LogP contribution in [0.25, 0.3) is 0 Å². The maximum atomic E-state index is 12.4. The van der Waals surface area contributed by atoms with Gasteiger partial charge in [0, 0.05) is 6.54 Å². The van der Waals surface area contributed by atoms with E-state index in [0.29, 0.717) is 11.4 Å². The fraction of sp³-hybridized carbons (Fsp3) is 0.208. The summed E-state index contributed by atoms with van der Waals surface area (Å²) in [6, 6.07) is 9.22. The Morgan fingerprint density at radius 2 is 1.76 bits per heavy atom. The Hall–Kier alpha value is -4.47. The monoisotopic (exact) mass is 465 g/mol. The molecule has 1 heterocycles. The summed E-state index contributed by atoms with van der Waals surface area (Å²) in [5.74, 6) is -2.57. The summed E-state index contributed by atoms with van der Waals surface area (Å²) in [5, 5.41) is 4.99. The molecule has 4 amide bonds. The zero-order valence-corrected chi connectivity index (χ0v) is 18.7. The Bertz CT molecular complexity index is 1190. The minimum absolute atomic E-state index is 0.0115. The van der Waals surface area contributed by atoms with Crippen molar-refractivity contribution in [3.05, 3.63) is 71.3 Å². The molecule has 0 radical (unpaired) electrons. The smallest absolute Gasteiger partial charge is 0.338 e. The molecule has 10 heteroatoms. The van der Waals surface area contributed by atoms with Crippen molar-refractivity contribution < 1.29 is 33.4 Å². The van der Waals surface area contributed by atoms with Crippen LogP contribution in [-0.2, 0) is 14.3 Å². The SMILES string of the molecule is C=CCN1C(=O)c2ccc(C(=O)OCC(=O)NCC(=O)Nc3cc(C)ccc3OC)cc2C1=O. The van der Waals surface area contributed by atoms with Crippen LogP contribution < -0.4 is 15.4 Å². The highest BCUT2D eigenvalue weighted by Gasteiger charge is 2.35. The minimum Gasteiger partial charge on any atom is -0.495 e. The van der Waals surface area contributed by atoms with Crippen molar-refractivity contribution >= 4 is 35.3 Å². The Balaban J connectivity index is 1.51. The van der Waals surface area contributed by atoms with Gasteiger partial charge in [-0.15, -0.1) is 6.58 Å². The quantitative estimate of drug-likeness (QED) is 0.327. The number of benzene rings is 2. The number of methoxy groups -OCH3 is 1. The van der Waals surface area contributed by atoms with E-state index in [-0.39, 0.29) is 29.8 Å². The third kappa shape index (κ3) is 5.29. The van der Waals surface area contributed by atoms with Crippen molar-refractivity contribution in [3.8, 4) is 5.75 Å². The molecule has 0 saturated heterocycles. The summed E-state index contributed by atoms with van der Waals surface area (Å²) in [6.07, 6.45) is 1.42. The van der Waals surface area contributed by atoms with Crippen LogP contribution in [0.2, 0.25) is 0 Å². The van der Waals surface area contributed by atoms with Crippen molar-refractivity contribution in [2.75, 3.05) is 32.1 Å². The van der Waals surface area contributed by atoms with Crippen molar-refractivity contribution in [2.45, 2.75) is 6.92 Å². The molecule has 0 bridgehead atoms. The third-order valence-electron chi connectivity index (χ3n) is 4.93. The topological polar surface area (TPSA) is 131 Å². The minimum atomic E-state index is -0.852. The molecular formula is C24H23N3O7. The number of hydrogen-bond acceptors (Lipinski definition) is 7. The summed E-state index contributed by atoms with van der Waals surface area (Å²) in [7, 11) is 1.47. The largest absolute Gasteiger partial charge is 0.495 e. The molecule has 0 aromatic heterocycles. The fourth-order valence-corrected chi connectivity index (χ4v) is 3.27. The molecule has 1 aliphatic heterocycles. The molecular weight excluding hydrogens is 442 g/mol. The van der Waals surface area contributed by atoms with E-state index in [1.54, 1.807) is 12.1 Å². The van der Waals surface area contributed by atoms with E-state index < -0.39 is 36.2 Å². The Morgan fingerprint density at radius 3 is 2.47 bits per heavy atom. The van der Waals surface area contributed by atoms with Crippen molar-refractivity contribution in [1.82, 2.24) is 10.2 Å². The van der Waals surface area contributed by atoms with E-state index in [1.165, 1.54) is 31.4 Å². The molecule has 0 atom stereocenters. The van der Waals surface area contributed by atoms with E-state index in [1.807, 2.05) is 13.0 Å². The predicted octanol–water partition coefficient (Wildman–Crippen LogP) is 1.70. The number of nitrogens with one attached hydrogen (secondary N) is 2.